The van der Waals surface area contributed by atoms with Crippen LogP contribution >= 0.6 is 0 Å². The van der Waals surface area contributed by atoms with Gasteiger partial charge in [0.05, 0.1) is 11.1 Å². The molecular formula is C29H23F2N3O3. The normalized spacial score (nSPS) is 18.0. The van der Waals surface area contributed by atoms with E-state index in [0.29, 0.717) is 24.2 Å². The van der Waals surface area contributed by atoms with Crippen molar-refractivity contribution in [3.8, 4) is 22.8 Å². The summed E-state index contributed by atoms with van der Waals surface area (Å²) in [7, 11) is 0. The van der Waals surface area contributed by atoms with E-state index in [9.17, 15) is 13.6 Å². The Morgan fingerprint density at radius 2 is 1.89 bits per heavy atom. The van der Waals surface area contributed by atoms with Gasteiger partial charge >= 0.3 is 6.29 Å². The van der Waals surface area contributed by atoms with Crippen molar-refractivity contribution in [3.63, 3.8) is 0 Å². The van der Waals surface area contributed by atoms with E-state index in [1.807, 2.05) is 13.0 Å². The molecule has 6 nitrogen and oxygen atoms in total. The number of hydrogen-bond donors (Lipinski definition) is 2. The highest BCUT2D eigenvalue weighted by molar-refractivity contribution is 6.01. The number of hydrogen-bond acceptors (Lipinski definition) is 4. The van der Waals surface area contributed by atoms with Crippen molar-refractivity contribution in [2.75, 3.05) is 5.32 Å². The van der Waals surface area contributed by atoms with Crippen LogP contribution < -0.4 is 14.8 Å². The molecule has 1 fully saturated rings. The van der Waals surface area contributed by atoms with Gasteiger partial charge in [-0.15, -0.1) is 8.78 Å². The maximum Gasteiger partial charge on any atom is 0.586 e. The summed E-state index contributed by atoms with van der Waals surface area (Å²) >= 11 is 0. The number of anilines is 1. The van der Waals surface area contributed by atoms with Gasteiger partial charge in [0.2, 0.25) is 5.91 Å². The van der Waals surface area contributed by atoms with Gasteiger partial charge in [-0.05, 0) is 85.7 Å². The quantitative estimate of drug-likeness (QED) is 0.337. The molecule has 0 bridgehead atoms. The van der Waals surface area contributed by atoms with Crippen molar-refractivity contribution in [2.45, 2.75) is 44.3 Å². The molecular weight excluding hydrogens is 476 g/mol. The predicted molar refractivity (Wildman–Crippen MR) is 136 cm³/mol. The molecule has 4 aromatic rings. The lowest BCUT2D eigenvalue weighted by Gasteiger charge is -2.20. The monoisotopic (exact) mass is 499 g/mol. The number of ether oxygens (including phenoxy) is 2. The molecule has 1 saturated carbocycles. The Kier molecular flexibility index (Phi) is 4.55. The lowest BCUT2D eigenvalue weighted by atomic mass is 9.92. The van der Waals surface area contributed by atoms with E-state index >= 15 is 0 Å². The van der Waals surface area contributed by atoms with Crippen molar-refractivity contribution < 1.29 is 23.0 Å². The predicted octanol–water partition coefficient (Wildman–Crippen LogP) is 6.49. The van der Waals surface area contributed by atoms with Crippen LogP contribution in [-0.2, 0) is 16.6 Å². The second kappa shape index (κ2) is 7.65. The highest BCUT2D eigenvalue weighted by Crippen LogP contribution is 2.52. The third kappa shape index (κ3) is 3.66. The summed E-state index contributed by atoms with van der Waals surface area (Å²) in [5.74, 6) is 0.158. The first-order chi connectivity index (χ1) is 17.8. The molecule has 0 spiro atoms. The number of pyridine rings is 1. The largest absolute Gasteiger partial charge is 0.586 e. The number of nitrogens with one attached hydrogen (secondary N) is 2. The van der Waals surface area contributed by atoms with Gasteiger partial charge < -0.3 is 19.8 Å². The summed E-state index contributed by atoms with van der Waals surface area (Å²) in [4.78, 5) is 21.8. The number of H-pyrrole nitrogens is 1. The number of amides is 1. The summed E-state index contributed by atoms with van der Waals surface area (Å²) in [6.07, 6.45) is 3.53. The molecule has 186 valence electrons. The number of rotatable bonds is 4. The summed E-state index contributed by atoms with van der Waals surface area (Å²) in [5, 5.41) is 4.13. The van der Waals surface area contributed by atoms with Crippen molar-refractivity contribution in [3.05, 3.63) is 77.0 Å². The van der Waals surface area contributed by atoms with Crippen LogP contribution in [0, 0.1) is 6.92 Å². The number of halogens is 2. The third-order valence-corrected chi connectivity index (χ3v) is 7.43. The first kappa shape index (κ1) is 22.0. The second-order valence-corrected chi connectivity index (χ2v) is 9.98. The number of benzene rings is 2. The molecule has 2 aliphatic carbocycles. The molecule has 1 amide bonds. The van der Waals surface area contributed by atoms with Gasteiger partial charge in [0.25, 0.3) is 0 Å². The van der Waals surface area contributed by atoms with E-state index in [0.717, 1.165) is 51.8 Å². The molecule has 2 aromatic carbocycles. The SMILES string of the molecule is Cc1cc2cc(-c3nc(NC(=O)C4(c5ccc6c(c5)OC(F)(F)O6)CC4)cc4c3CCC=C4)ccc2[nH]1. The van der Waals surface area contributed by atoms with E-state index in [4.69, 9.17) is 4.98 Å². The highest BCUT2D eigenvalue weighted by atomic mass is 19.3. The first-order valence-electron chi connectivity index (χ1n) is 12.3. The number of carbonyl (C=O) groups excluding carboxylic acids is 1. The van der Waals surface area contributed by atoms with Gasteiger partial charge in [-0.3, -0.25) is 4.79 Å². The minimum atomic E-state index is -3.70. The minimum absolute atomic E-state index is 0.0349. The smallest absolute Gasteiger partial charge is 0.395 e. The topological polar surface area (TPSA) is 76.2 Å². The van der Waals surface area contributed by atoms with Crippen LogP contribution in [0.25, 0.3) is 28.2 Å². The van der Waals surface area contributed by atoms with Crippen LogP contribution in [0.3, 0.4) is 0 Å². The highest BCUT2D eigenvalue weighted by Gasteiger charge is 2.53. The first-order valence-corrected chi connectivity index (χ1v) is 12.3. The summed E-state index contributed by atoms with van der Waals surface area (Å²) in [6.45, 7) is 2.03. The van der Waals surface area contributed by atoms with Crippen molar-refractivity contribution in [1.29, 1.82) is 0 Å². The fraction of sp³-hybridized carbons (Fsp3) is 0.241. The molecule has 8 heteroatoms. The number of carbonyl (C=O) groups is 1. The number of aryl methyl sites for hydroxylation is 1. The zero-order valence-electron chi connectivity index (χ0n) is 20.0. The van der Waals surface area contributed by atoms with E-state index in [2.05, 4.69) is 56.2 Å². The number of aromatic amines is 1. The Hall–Kier alpha value is -4.20. The Morgan fingerprint density at radius 1 is 1.05 bits per heavy atom. The van der Waals surface area contributed by atoms with Gasteiger partial charge in [0.1, 0.15) is 5.82 Å². The molecule has 2 N–H and O–H groups in total. The van der Waals surface area contributed by atoms with Gasteiger partial charge in [-0.1, -0.05) is 24.3 Å². The molecule has 0 saturated heterocycles. The van der Waals surface area contributed by atoms with E-state index in [1.54, 1.807) is 6.07 Å². The Balaban J connectivity index is 1.23. The molecule has 7 rings (SSSR count). The molecule has 2 aromatic heterocycles. The van der Waals surface area contributed by atoms with Gasteiger partial charge in [-0.25, -0.2) is 4.98 Å². The van der Waals surface area contributed by atoms with Gasteiger partial charge in [-0.2, -0.15) is 0 Å². The van der Waals surface area contributed by atoms with Gasteiger partial charge in [0, 0.05) is 22.2 Å². The summed E-state index contributed by atoms with van der Waals surface area (Å²) in [5.41, 5.74) is 6.00. The maximum atomic E-state index is 13.5. The zero-order valence-corrected chi connectivity index (χ0v) is 20.0. The van der Waals surface area contributed by atoms with Crippen LogP contribution in [0.4, 0.5) is 14.6 Å². The Morgan fingerprint density at radius 3 is 2.73 bits per heavy atom. The standard InChI is InChI=1S/C29H23F2N3O3/c1-16-12-19-13-18(6-8-22(19)32-16)26-21-5-3-2-4-17(21)14-25(33-26)34-27(35)28(10-11-28)20-7-9-23-24(15-20)37-29(30,31)36-23/h2,4,6-9,12-15,32H,3,5,10-11H2,1H3,(H,33,34,35). The fourth-order valence-electron chi connectivity index (χ4n) is 5.42. The van der Waals surface area contributed by atoms with Crippen LogP contribution in [-0.4, -0.2) is 22.2 Å². The van der Waals surface area contributed by atoms with Crippen LogP contribution in [0.15, 0.2) is 54.6 Å². The van der Waals surface area contributed by atoms with Crippen molar-refractivity contribution >= 4 is 28.7 Å². The zero-order chi connectivity index (χ0) is 25.4. The molecule has 3 aliphatic rings. The summed E-state index contributed by atoms with van der Waals surface area (Å²) in [6, 6.07) is 14.8. The third-order valence-electron chi connectivity index (χ3n) is 7.43. The fourth-order valence-corrected chi connectivity index (χ4v) is 5.42. The molecule has 0 atom stereocenters. The number of alkyl halides is 2. The van der Waals surface area contributed by atoms with E-state index in [-0.39, 0.29) is 17.4 Å². The minimum Gasteiger partial charge on any atom is -0.395 e. The molecule has 37 heavy (non-hydrogen) atoms. The average Bonchev–Trinajstić information content (AvgIpc) is 3.50. The Labute approximate surface area is 211 Å². The average molecular weight is 500 g/mol. The van der Waals surface area contributed by atoms with Crippen molar-refractivity contribution in [2.24, 2.45) is 0 Å². The van der Waals surface area contributed by atoms with Crippen LogP contribution in [0.5, 0.6) is 11.5 Å². The van der Waals surface area contributed by atoms with E-state index in [1.165, 1.54) is 12.1 Å². The lowest BCUT2D eigenvalue weighted by molar-refractivity contribution is -0.286. The number of aromatic nitrogens is 2. The number of nitrogens with zero attached hydrogens (tertiary/aromatic N) is 1. The molecule has 0 radical (unpaired) electrons. The molecule has 0 unspecified atom stereocenters. The van der Waals surface area contributed by atoms with Crippen molar-refractivity contribution in [1.82, 2.24) is 9.97 Å². The van der Waals surface area contributed by atoms with Crippen LogP contribution in [0.1, 0.15) is 41.6 Å². The molecule has 1 aliphatic heterocycles. The van der Waals surface area contributed by atoms with Gasteiger partial charge in [0.15, 0.2) is 11.5 Å². The molecule has 3 heterocycles. The summed E-state index contributed by atoms with van der Waals surface area (Å²) < 4.78 is 36.1. The second-order valence-electron chi connectivity index (χ2n) is 9.98. The number of fused-ring (bicyclic) bond motifs is 3. The number of allylic oxidation sites excluding steroid dienone is 1. The van der Waals surface area contributed by atoms with Crippen LogP contribution in [0.2, 0.25) is 0 Å². The Bertz CT molecular complexity index is 1640. The maximum absolute atomic E-state index is 13.5. The van der Waals surface area contributed by atoms with E-state index < -0.39 is 11.7 Å². The lowest BCUT2D eigenvalue weighted by Crippen LogP contribution is -2.28.